The van der Waals surface area contributed by atoms with E-state index in [0.29, 0.717) is 6.04 Å². The zero-order chi connectivity index (χ0) is 9.97. The maximum Gasteiger partial charge on any atom is 0.0794 e. The minimum atomic E-state index is 0.715. The highest BCUT2D eigenvalue weighted by Gasteiger charge is 2.28. The molecule has 0 bridgehead atoms. The van der Waals surface area contributed by atoms with E-state index in [4.69, 9.17) is 0 Å². The molecular weight excluding hydrogens is 192 g/mol. The Morgan fingerprint density at radius 1 is 1.50 bits per heavy atom. The molecule has 0 saturated heterocycles. The normalized spacial score (nSPS) is 32.3. The SMILES string of the molecule is CC1CCC(NCc2cncs2)C1C. The van der Waals surface area contributed by atoms with Crippen molar-refractivity contribution in [3.63, 3.8) is 0 Å². The smallest absolute Gasteiger partial charge is 0.0794 e. The first-order valence-electron chi connectivity index (χ1n) is 5.38. The van der Waals surface area contributed by atoms with Crippen LogP contribution in [0.5, 0.6) is 0 Å². The van der Waals surface area contributed by atoms with Gasteiger partial charge in [-0.3, -0.25) is 4.98 Å². The molecule has 1 aromatic heterocycles. The van der Waals surface area contributed by atoms with Crippen molar-refractivity contribution in [3.8, 4) is 0 Å². The summed E-state index contributed by atoms with van der Waals surface area (Å²) < 4.78 is 0. The number of nitrogens with zero attached hydrogens (tertiary/aromatic N) is 1. The first kappa shape index (κ1) is 10.1. The van der Waals surface area contributed by atoms with Gasteiger partial charge in [0.2, 0.25) is 0 Å². The summed E-state index contributed by atoms with van der Waals surface area (Å²) in [7, 11) is 0. The monoisotopic (exact) mass is 210 g/mol. The summed E-state index contributed by atoms with van der Waals surface area (Å²) in [6, 6.07) is 0.715. The van der Waals surface area contributed by atoms with Crippen LogP contribution in [-0.4, -0.2) is 11.0 Å². The Hall–Kier alpha value is -0.410. The lowest BCUT2D eigenvalue weighted by Gasteiger charge is -2.19. The van der Waals surface area contributed by atoms with E-state index in [1.807, 2.05) is 11.7 Å². The van der Waals surface area contributed by atoms with E-state index in [0.717, 1.165) is 18.4 Å². The van der Waals surface area contributed by atoms with Gasteiger partial charge in [0.25, 0.3) is 0 Å². The van der Waals surface area contributed by atoms with Crippen LogP contribution >= 0.6 is 11.3 Å². The molecule has 0 aromatic carbocycles. The summed E-state index contributed by atoms with van der Waals surface area (Å²) in [5.74, 6) is 1.71. The second kappa shape index (κ2) is 4.41. The van der Waals surface area contributed by atoms with Crippen LogP contribution in [0.15, 0.2) is 11.7 Å². The van der Waals surface area contributed by atoms with Crippen LogP contribution in [0.25, 0.3) is 0 Å². The summed E-state index contributed by atoms with van der Waals surface area (Å²) in [6.07, 6.45) is 4.67. The second-order valence-corrected chi connectivity index (χ2v) is 5.34. The summed E-state index contributed by atoms with van der Waals surface area (Å²) in [4.78, 5) is 5.42. The van der Waals surface area contributed by atoms with Gasteiger partial charge in [0.05, 0.1) is 5.51 Å². The number of hydrogen-bond donors (Lipinski definition) is 1. The quantitative estimate of drug-likeness (QED) is 0.829. The third-order valence-electron chi connectivity index (χ3n) is 3.49. The van der Waals surface area contributed by atoms with E-state index in [2.05, 4.69) is 24.1 Å². The lowest BCUT2D eigenvalue weighted by atomic mass is 9.98. The van der Waals surface area contributed by atoms with Crippen LogP contribution in [0.1, 0.15) is 31.6 Å². The Labute approximate surface area is 89.8 Å². The Morgan fingerprint density at radius 3 is 2.93 bits per heavy atom. The zero-order valence-electron chi connectivity index (χ0n) is 8.86. The Kier molecular flexibility index (Phi) is 3.19. The van der Waals surface area contributed by atoms with Crippen LogP contribution in [-0.2, 0) is 6.54 Å². The highest BCUT2D eigenvalue weighted by molar-refractivity contribution is 7.09. The van der Waals surface area contributed by atoms with Gasteiger partial charge in [0.15, 0.2) is 0 Å². The number of rotatable bonds is 3. The molecule has 1 aromatic rings. The van der Waals surface area contributed by atoms with Gasteiger partial charge in [-0.2, -0.15) is 0 Å². The lowest BCUT2D eigenvalue weighted by molar-refractivity contribution is 0.370. The van der Waals surface area contributed by atoms with Gasteiger partial charge in [-0.05, 0) is 24.7 Å². The third kappa shape index (κ3) is 2.15. The number of hydrogen-bond acceptors (Lipinski definition) is 3. The summed E-state index contributed by atoms with van der Waals surface area (Å²) in [6.45, 7) is 5.72. The molecular formula is C11H18N2S. The first-order valence-corrected chi connectivity index (χ1v) is 6.26. The van der Waals surface area contributed by atoms with Crippen molar-refractivity contribution in [2.75, 3.05) is 0 Å². The van der Waals surface area contributed by atoms with Crippen molar-refractivity contribution < 1.29 is 0 Å². The van der Waals surface area contributed by atoms with Crippen LogP contribution in [0.4, 0.5) is 0 Å². The average Bonchev–Trinajstić information content (AvgIpc) is 2.77. The molecule has 14 heavy (non-hydrogen) atoms. The third-order valence-corrected chi connectivity index (χ3v) is 4.27. The minimum absolute atomic E-state index is 0.715. The molecule has 3 unspecified atom stereocenters. The van der Waals surface area contributed by atoms with Gasteiger partial charge < -0.3 is 5.32 Å². The van der Waals surface area contributed by atoms with Crippen LogP contribution in [0.2, 0.25) is 0 Å². The molecule has 1 aliphatic carbocycles. The lowest BCUT2D eigenvalue weighted by Crippen LogP contribution is -2.31. The maximum atomic E-state index is 4.08. The van der Waals surface area contributed by atoms with E-state index >= 15 is 0 Å². The molecule has 1 fully saturated rings. The zero-order valence-corrected chi connectivity index (χ0v) is 9.68. The predicted octanol–water partition coefficient (Wildman–Crippen LogP) is 2.67. The van der Waals surface area contributed by atoms with E-state index in [-0.39, 0.29) is 0 Å². The molecule has 2 rings (SSSR count). The van der Waals surface area contributed by atoms with Gasteiger partial charge >= 0.3 is 0 Å². The predicted molar refractivity (Wildman–Crippen MR) is 60.3 cm³/mol. The number of nitrogens with one attached hydrogen (secondary N) is 1. The molecule has 1 saturated carbocycles. The molecule has 0 amide bonds. The fraction of sp³-hybridized carbons (Fsp3) is 0.727. The van der Waals surface area contributed by atoms with E-state index in [1.165, 1.54) is 17.7 Å². The maximum absolute atomic E-state index is 4.08. The van der Waals surface area contributed by atoms with Crippen LogP contribution < -0.4 is 5.32 Å². The molecule has 1 heterocycles. The molecule has 78 valence electrons. The highest BCUT2D eigenvalue weighted by atomic mass is 32.1. The van der Waals surface area contributed by atoms with Crippen molar-refractivity contribution in [2.45, 2.75) is 39.3 Å². The Morgan fingerprint density at radius 2 is 2.36 bits per heavy atom. The number of aromatic nitrogens is 1. The minimum Gasteiger partial charge on any atom is -0.309 e. The van der Waals surface area contributed by atoms with Gasteiger partial charge in [0.1, 0.15) is 0 Å². The van der Waals surface area contributed by atoms with Gasteiger partial charge in [-0.25, -0.2) is 0 Å². The molecule has 0 aliphatic heterocycles. The van der Waals surface area contributed by atoms with Crippen LogP contribution in [0, 0.1) is 11.8 Å². The molecule has 0 radical (unpaired) electrons. The van der Waals surface area contributed by atoms with Crippen molar-refractivity contribution in [2.24, 2.45) is 11.8 Å². The topological polar surface area (TPSA) is 24.9 Å². The van der Waals surface area contributed by atoms with Gasteiger partial charge in [-0.15, -0.1) is 11.3 Å². The molecule has 0 spiro atoms. The average molecular weight is 210 g/mol. The summed E-state index contributed by atoms with van der Waals surface area (Å²) in [5, 5.41) is 3.63. The molecule has 1 aliphatic rings. The van der Waals surface area contributed by atoms with Gasteiger partial charge in [0, 0.05) is 23.7 Å². The van der Waals surface area contributed by atoms with Crippen molar-refractivity contribution in [1.82, 2.24) is 10.3 Å². The molecule has 3 heteroatoms. The molecule has 2 nitrogen and oxygen atoms in total. The highest BCUT2D eigenvalue weighted by Crippen LogP contribution is 2.31. The molecule has 1 N–H and O–H groups in total. The summed E-state index contributed by atoms with van der Waals surface area (Å²) >= 11 is 1.73. The van der Waals surface area contributed by atoms with Crippen molar-refractivity contribution >= 4 is 11.3 Å². The molecule has 3 atom stereocenters. The standard InChI is InChI=1S/C11H18N2S/c1-8-3-4-11(9(8)2)13-6-10-5-12-7-14-10/h5,7-9,11,13H,3-4,6H2,1-2H3. The Bertz CT molecular complexity index is 271. The van der Waals surface area contributed by atoms with E-state index in [9.17, 15) is 0 Å². The largest absolute Gasteiger partial charge is 0.309 e. The fourth-order valence-corrected chi connectivity index (χ4v) is 2.76. The van der Waals surface area contributed by atoms with Gasteiger partial charge in [-0.1, -0.05) is 13.8 Å². The second-order valence-electron chi connectivity index (χ2n) is 4.37. The van der Waals surface area contributed by atoms with E-state index in [1.54, 1.807) is 11.3 Å². The fourth-order valence-electron chi connectivity index (χ4n) is 2.21. The Balaban J connectivity index is 1.81. The van der Waals surface area contributed by atoms with Crippen molar-refractivity contribution in [1.29, 1.82) is 0 Å². The van der Waals surface area contributed by atoms with E-state index < -0.39 is 0 Å². The van der Waals surface area contributed by atoms with Crippen LogP contribution in [0.3, 0.4) is 0 Å². The summed E-state index contributed by atoms with van der Waals surface area (Å²) in [5.41, 5.74) is 1.90. The first-order chi connectivity index (χ1) is 6.77. The number of thiazole rings is 1. The van der Waals surface area contributed by atoms with Crippen molar-refractivity contribution in [3.05, 3.63) is 16.6 Å².